The summed E-state index contributed by atoms with van der Waals surface area (Å²) < 4.78 is 0. The molecular formula is C22H35ClN6O2S. The summed E-state index contributed by atoms with van der Waals surface area (Å²) in [6.45, 7) is 10.1. The normalized spacial score (nSPS) is 19.4. The van der Waals surface area contributed by atoms with E-state index in [0.717, 1.165) is 38.3 Å². The summed E-state index contributed by atoms with van der Waals surface area (Å²) in [5.41, 5.74) is 0. The highest BCUT2D eigenvalue weighted by Gasteiger charge is 2.28. The van der Waals surface area contributed by atoms with E-state index < -0.39 is 0 Å². The summed E-state index contributed by atoms with van der Waals surface area (Å²) in [5.74, 6) is 1.21. The van der Waals surface area contributed by atoms with Gasteiger partial charge in [0.15, 0.2) is 5.16 Å². The second-order valence-corrected chi connectivity index (χ2v) is 9.83. The number of hydrogen-bond acceptors (Lipinski definition) is 7. The summed E-state index contributed by atoms with van der Waals surface area (Å²) in [6.07, 6.45) is 5.07. The molecule has 2 amide bonds. The fourth-order valence-electron chi connectivity index (χ4n) is 4.16. The molecule has 2 fully saturated rings. The standard InChI is InChI=1S/C22H35ClN6O2S/c1-3-4-7-21(31)29-13-12-28(15-17(29)2)19-14-18(23)25-22(26-19)32-16-20(30)24-8-11-27-9-5-6-10-27/h14,17H,3-13,15-16H2,1-2H3,(H,24,30). The van der Waals surface area contributed by atoms with Crippen molar-refractivity contribution in [3.8, 4) is 0 Å². The van der Waals surface area contributed by atoms with Gasteiger partial charge in [-0.25, -0.2) is 9.97 Å². The topological polar surface area (TPSA) is 81.7 Å². The van der Waals surface area contributed by atoms with Crippen molar-refractivity contribution in [2.45, 2.75) is 57.1 Å². The number of thioether (sulfide) groups is 1. The van der Waals surface area contributed by atoms with Gasteiger partial charge in [0, 0.05) is 51.3 Å². The second-order valence-electron chi connectivity index (χ2n) is 8.50. The van der Waals surface area contributed by atoms with E-state index in [9.17, 15) is 9.59 Å². The number of amides is 2. The van der Waals surface area contributed by atoms with E-state index in [1.54, 1.807) is 6.07 Å². The van der Waals surface area contributed by atoms with Crippen LogP contribution in [-0.4, -0.2) is 89.2 Å². The van der Waals surface area contributed by atoms with Crippen LogP contribution in [0.15, 0.2) is 11.2 Å². The molecule has 1 unspecified atom stereocenters. The first-order chi connectivity index (χ1) is 15.5. The van der Waals surface area contributed by atoms with Crippen LogP contribution in [0.3, 0.4) is 0 Å². The average molecular weight is 483 g/mol. The van der Waals surface area contributed by atoms with Crippen molar-refractivity contribution in [3.05, 3.63) is 11.2 Å². The highest BCUT2D eigenvalue weighted by Crippen LogP contribution is 2.24. The number of halogens is 1. The maximum Gasteiger partial charge on any atom is 0.230 e. The van der Waals surface area contributed by atoms with Gasteiger partial charge in [-0.1, -0.05) is 36.7 Å². The lowest BCUT2D eigenvalue weighted by atomic mass is 10.1. The molecule has 10 heteroatoms. The van der Waals surface area contributed by atoms with E-state index in [0.29, 0.717) is 42.9 Å². The summed E-state index contributed by atoms with van der Waals surface area (Å²) >= 11 is 7.55. The monoisotopic (exact) mass is 482 g/mol. The number of anilines is 1. The van der Waals surface area contributed by atoms with Gasteiger partial charge >= 0.3 is 0 Å². The van der Waals surface area contributed by atoms with Crippen LogP contribution in [0.25, 0.3) is 0 Å². The fraction of sp³-hybridized carbons (Fsp3) is 0.727. The molecule has 8 nitrogen and oxygen atoms in total. The van der Waals surface area contributed by atoms with Gasteiger partial charge in [0.05, 0.1) is 5.75 Å². The van der Waals surface area contributed by atoms with E-state index >= 15 is 0 Å². The Balaban J connectivity index is 1.48. The molecule has 1 N–H and O–H groups in total. The molecule has 1 aromatic rings. The smallest absolute Gasteiger partial charge is 0.230 e. The highest BCUT2D eigenvalue weighted by atomic mass is 35.5. The molecule has 2 aliphatic heterocycles. The first kappa shape index (κ1) is 25.1. The number of nitrogens with zero attached hydrogens (tertiary/aromatic N) is 5. The van der Waals surface area contributed by atoms with Crippen molar-refractivity contribution in [1.29, 1.82) is 0 Å². The molecule has 0 saturated carbocycles. The summed E-state index contributed by atoms with van der Waals surface area (Å²) in [4.78, 5) is 40.0. The van der Waals surface area contributed by atoms with Crippen molar-refractivity contribution in [2.24, 2.45) is 0 Å². The third-order valence-electron chi connectivity index (χ3n) is 5.96. The number of piperazine rings is 1. The van der Waals surface area contributed by atoms with Crippen LogP contribution in [0.1, 0.15) is 46.0 Å². The highest BCUT2D eigenvalue weighted by molar-refractivity contribution is 7.99. The fourth-order valence-corrected chi connectivity index (χ4v) is 5.07. The van der Waals surface area contributed by atoms with E-state index in [4.69, 9.17) is 11.6 Å². The first-order valence-corrected chi connectivity index (χ1v) is 13.0. The molecule has 0 radical (unpaired) electrons. The van der Waals surface area contributed by atoms with Crippen LogP contribution in [-0.2, 0) is 9.59 Å². The number of likely N-dealkylation sites (tertiary alicyclic amines) is 1. The molecule has 0 aliphatic carbocycles. The number of nitrogens with one attached hydrogen (secondary N) is 1. The summed E-state index contributed by atoms with van der Waals surface area (Å²) in [7, 11) is 0. The van der Waals surface area contributed by atoms with Crippen molar-refractivity contribution in [2.75, 3.05) is 56.5 Å². The largest absolute Gasteiger partial charge is 0.354 e. The summed E-state index contributed by atoms with van der Waals surface area (Å²) in [5, 5.41) is 3.83. The Morgan fingerprint density at radius 2 is 2.00 bits per heavy atom. The lowest BCUT2D eigenvalue weighted by Crippen LogP contribution is -2.54. The predicted octanol–water partition coefficient (Wildman–Crippen LogP) is 2.66. The Morgan fingerprint density at radius 1 is 1.22 bits per heavy atom. The number of carbonyl (C=O) groups excluding carboxylic acids is 2. The maximum atomic E-state index is 12.4. The molecule has 2 saturated heterocycles. The van der Waals surface area contributed by atoms with Crippen molar-refractivity contribution >= 4 is 41.0 Å². The zero-order valence-corrected chi connectivity index (χ0v) is 20.8. The maximum absolute atomic E-state index is 12.4. The molecule has 0 bridgehead atoms. The Hall–Kier alpha value is -1.58. The second kappa shape index (κ2) is 12.6. The zero-order chi connectivity index (χ0) is 22.9. The van der Waals surface area contributed by atoms with Crippen molar-refractivity contribution in [3.63, 3.8) is 0 Å². The van der Waals surface area contributed by atoms with Gasteiger partial charge in [-0.05, 0) is 39.3 Å². The van der Waals surface area contributed by atoms with Gasteiger partial charge in [-0.3, -0.25) is 9.59 Å². The van der Waals surface area contributed by atoms with E-state index in [1.807, 2.05) is 4.90 Å². The molecular weight excluding hydrogens is 448 g/mol. The Labute approximate surface area is 200 Å². The molecule has 0 spiro atoms. The van der Waals surface area contributed by atoms with Crippen LogP contribution < -0.4 is 10.2 Å². The van der Waals surface area contributed by atoms with Crippen LogP contribution in [0.4, 0.5) is 5.82 Å². The lowest BCUT2D eigenvalue weighted by Gasteiger charge is -2.40. The zero-order valence-electron chi connectivity index (χ0n) is 19.2. The molecule has 178 valence electrons. The number of carbonyl (C=O) groups is 2. The Bertz CT molecular complexity index is 777. The van der Waals surface area contributed by atoms with Crippen LogP contribution in [0.5, 0.6) is 0 Å². The van der Waals surface area contributed by atoms with Crippen LogP contribution >= 0.6 is 23.4 Å². The minimum Gasteiger partial charge on any atom is -0.354 e. The number of aromatic nitrogens is 2. The van der Waals surface area contributed by atoms with Gasteiger partial charge < -0.3 is 20.0 Å². The van der Waals surface area contributed by atoms with Crippen LogP contribution in [0, 0.1) is 0 Å². The molecule has 0 aromatic carbocycles. The molecule has 2 aliphatic rings. The average Bonchev–Trinajstić information content (AvgIpc) is 3.29. The predicted molar refractivity (Wildman–Crippen MR) is 129 cm³/mol. The van der Waals surface area contributed by atoms with E-state index in [-0.39, 0.29) is 23.6 Å². The minimum atomic E-state index is -0.0212. The summed E-state index contributed by atoms with van der Waals surface area (Å²) in [6, 6.07) is 1.86. The quantitative estimate of drug-likeness (QED) is 0.312. The van der Waals surface area contributed by atoms with Gasteiger partial charge in [0.2, 0.25) is 11.8 Å². The molecule has 32 heavy (non-hydrogen) atoms. The molecule has 1 atom stereocenters. The first-order valence-electron chi connectivity index (χ1n) is 11.7. The Morgan fingerprint density at radius 3 is 2.72 bits per heavy atom. The van der Waals surface area contributed by atoms with Crippen molar-refractivity contribution < 1.29 is 9.59 Å². The molecule has 3 heterocycles. The SMILES string of the molecule is CCCCC(=O)N1CCN(c2cc(Cl)nc(SCC(=O)NCCN3CCCC3)n2)CC1C. The number of rotatable bonds is 10. The third-order valence-corrected chi connectivity index (χ3v) is 7.00. The Kier molecular flexibility index (Phi) is 9.87. The number of unbranched alkanes of at least 4 members (excludes halogenated alkanes) is 1. The minimum absolute atomic E-state index is 0.0212. The molecule has 3 rings (SSSR count). The van der Waals surface area contributed by atoms with Crippen LogP contribution in [0.2, 0.25) is 5.15 Å². The molecule has 1 aromatic heterocycles. The van der Waals surface area contributed by atoms with Gasteiger partial charge in [0.25, 0.3) is 0 Å². The van der Waals surface area contributed by atoms with Crippen molar-refractivity contribution in [1.82, 2.24) is 25.1 Å². The lowest BCUT2D eigenvalue weighted by molar-refractivity contribution is -0.133. The van der Waals surface area contributed by atoms with E-state index in [1.165, 1.54) is 24.6 Å². The third kappa shape index (κ3) is 7.49. The van der Waals surface area contributed by atoms with Gasteiger partial charge in [-0.2, -0.15) is 0 Å². The van der Waals surface area contributed by atoms with Gasteiger partial charge in [0.1, 0.15) is 11.0 Å². The van der Waals surface area contributed by atoms with Gasteiger partial charge in [-0.15, -0.1) is 0 Å². The number of hydrogen-bond donors (Lipinski definition) is 1. The van der Waals surface area contributed by atoms with E-state index in [2.05, 4.69) is 38.9 Å².